The van der Waals surface area contributed by atoms with Crippen molar-refractivity contribution < 1.29 is 37.4 Å². The van der Waals surface area contributed by atoms with Crippen LogP contribution in [-0.2, 0) is 0 Å². The zero-order valence-corrected chi connectivity index (χ0v) is 10.4. The minimum Gasteiger partial charge on any atom is -0.504 e. The van der Waals surface area contributed by atoms with Gasteiger partial charge in [0.05, 0.1) is 16.7 Å². The predicted octanol–water partition coefficient (Wildman–Crippen LogP) is 2.43. The lowest BCUT2D eigenvalue weighted by molar-refractivity contribution is 0.0966. The Morgan fingerprint density at radius 3 is 1.73 bits per heavy atom. The number of aromatic hydroxyl groups is 2. The molecule has 0 spiro atoms. The molecule has 2 aromatic carbocycles. The van der Waals surface area contributed by atoms with E-state index >= 15 is 0 Å². The maximum atomic E-state index is 13.8. The van der Waals surface area contributed by atoms with Gasteiger partial charge in [-0.1, -0.05) is 0 Å². The summed E-state index contributed by atoms with van der Waals surface area (Å²) >= 11 is 0. The van der Waals surface area contributed by atoms with Crippen molar-refractivity contribution in [2.45, 2.75) is 0 Å². The van der Waals surface area contributed by atoms with E-state index in [4.69, 9.17) is 0 Å². The van der Waals surface area contributed by atoms with Gasteiger partial charge in [-0.25, -0.2) is 17.6 Å². The van der Waals surface area contributed by atoms with E-state index in [1.165, 1.54) is 0 Å². The molecule has 0 bridgehead atoms. The van der Waals surface area contributed by atoms with E-state index in [1.54, 1.807) is 0 Å². The topological polar surface area (TPSA) is 74.6 Å². The Morgan fingerprint density at radius 1 is 0.682 bits per heavy atom. The van der Waals surface area contributed by atoms with Crippen LogP contribution in [0.4, 0.5) is 17.6 Å². The Labute approximate surface area is 119 Å². The smallest absolute Gasteiger partial charge is 0.201 e. The number of fused-ring (bicyclic) bond motifs is 2. The average molecular weight is 312 g/mol. The third-order valence-corrected chi connectivity index (χ3v) is 3.35. The van der Waals surface area contributed by atoms with Gasteiger partial charge >= 0.3 is 0 Å². The molecule has 0 fully saturated rings. The van der Waals surface area contributed by atoms with Gasteiger partial charge < -0.3 is 10.2 Å². The third kappa shape index (κ3) is 1.51. The van der Waals surface area contributed by atoms with Crippen molar-refractivity contribution in [3.05, 3.63) is 57.7 Å². The van der Waals surface area contributed by atoms with Crippen LogP contribution < -0.4 is 0 Å². The molecule has 8 heteroatoms. The van der Waals surface area contributed by atoms with Crippen molar-refractivity contribution >= 4 is 11.6 Å². The van der Waals surface area contributed by atoms with E-state index in [0.29, 0.717) is 0 Å². The molecule has 0 unspecified atom stereocenters. The number of carbonyl (C=O) groups excluding carboxylic acids is 2. The number of phenols is 2. The molecular weight excluding hydrogens is 308 g/mol. The summed E-state index contributed by atoms with van der Waals surface area (Å²) in [5, 5.41) is 19.0. The number of hydrogen-bond acceptors (Lipinski definition) is 4. The molecule has 0 aliphatic heterocycles. The second-order valence-electron chi connectivity index (χ2n) is 4.52. The lowest BCUT2D eigenvalue weighted by Crippen LogP contribution is -2.26. The van der Waals surface area contributed by atoms with Gasteiger partial charge in [0, 0.05) is 5.56 Å². The van der Waals surface area contributed by atoms with Crippen LogP contribution in [0.3, 0.4) is 0 Å². The quantitative estimate of drug-likeness (QED) is 0.289. The second kappa shape index (κ2) is 4.30. The van der Waals surface area contributed by atoms with Crippen molar-refractivity contribution in [3.63, 3.8) is 0 Å². The molecule has 1 aliphatic rings. The van der Waals surface area contributed by atoms with Gasteiger partial charge in [-0.3, -0.25) is 9.59 Å². The van der Waals surface area contributed by atoms with Crippen molar-refractivity contribution in [2.75, 3.05) is 0 Å². The van der Waals surface area contributed by atoms with Crippen LogP contribution in [0.1, 0.15) is 31.8 Å². The van der Waals surface area contributed by atoms with Gasteiger partial charge in [0.2, 0.25) is 5.78 Å². The molecule has 0 saturated carbocycles. The molecule has 22 heavy (non-hydrogen) atoms. The number of carbonyl (C=O) groups is 2. The molecule has 2 aromatic rings. The molecule has 0 amide bonds. The molecular formula is C14H4F4O4. The summed E-state index contributed by atoms with van der Waals surface area (Å²) in [5.41, 5.74) is -3.94. The van der Waals surface area contributed by atoms with Gasteiger partial charge in [-0.15, -0.1) is 0 Å². The van der Waals surface area contributed by atoms with Crippen LogP contribution in [0.25, 0.3) is 0 Å². The van der Waals surface area contributed by atoms with Crippen LogP contribution >= 0.6 is 0 Å². The fourth-order valence-corrected chi connectivity index (χ4v) is 2.32. The van der Waals surface area contributed by atoms with E-state index in [9.17, 15) is 37.4 Å². The highest BCUT2D eigenvalue weighted by Gasteiger charge is 2.40. The first-order valence-corrected chi connectivity index (χ1v) is 5.77. The summed E-state index contributed by atoms with van der Waals surface area (Å²) in [7, 11) is 0. The van der Waals surface area contributed by atoms with E-state index < -0.39 is 68.6 Å². The van der Waals surface area contributed by atoms with Crippen molar-refractivity contribution in [2.24, 2.45) is 0 Å². The monoisotopic (exact) mass is 312 g/mol. The number of benzene rings is 2. The lowest BCUT2D eigenvalue weighted by atomic mass is 9.82. The number of phenolic OH excluding ortho intramolecular Hbond substituents is 2. The normalized spacial score (nSPS) is 13.1. The van der Waals surface area contributed by atoms with Gasteiger partial charge in [0.15, 0.2) is 40.6 Å². The highest BCUT2D eigenvalue weighted by atomic mass is 19.2. The number of hydrogen-bond donors (Lipinski definition) is 2. The Hall–Kier alpha value is -2.90. The number of ketones is 2. The molecule has 0 saturated heterocycles. The fourth-order valence-electron chi connectivity index (χ4n) is 2.32. The minimum absolute atomic E-state index is 0.558. The Bertz CT molecular complexity index is 889. The highest BCUT2D eigenvalue weighted by molar-refractivity contribution is 6.29. The van der Waals surface area contributed by atoms with Gasteiger partial charge in [0.25, 0.3) is 0 Å². The summed E-state index contributed by atoms with van der Waals surface area (Å²) in [6.45, 7) is 0. The summed E-state index contributed by atoms with van der Waals surface area (Å²) in [4.78, 5) is 24.3. The summed E-state index contributed by atoms with van der Waals surface area (Å²) in [6, 6.07) is 1.73. The summed E-state index contributed by atoms with van der Waals surface area (Å²) < 4.78 is 54.1. The molecule has 3 rings (SSSR count). The van der Waals surface area contributed by atoms with E-state index in [0.717, 1.165) is 12.1 Å². The zero-order valence-electron chi connectivity index (χ0n) is 10.4. The Balaban J connectivity index is 2.47. The molecule has 2 N–H and O–H groups in total. The SMILES string of the molecule is O=C1c2ccc(O)c(O)c2C(=O)c2c(F)c(F)c(F)c(F)c21. The lowest BCUT2D eigenvalue weighted by Gasteiger charge is -2.20. The first-order valence-electron chi connectivity index (χ1n) is 5.77. The third-order valence-electron chi connectivity index (χ3n) is 3.35. The maximum absolute atomic E-state index is 13.8. The van der Waals surface area contributed by atoms with E-state index in [2.05, 4.69) is 0 Å². The average Bonchev–Trinajstić information content (AvgIpc) is 2.49. The van der Waals surface area contributed by atoms with Gasteiger partial charge in [-0.2, -0.15) is 0 Å². The predicted molar refractivity (Wildman–Crippen MR) is 62.9 cm³/mol. The molecule has 0 aromatic heterocycles. The molecule has 0 radical (unpaired) electrons. The largest absolute Gasteiger partial charge is 0.504 e. The molecule has 112 valence electrons. The first-order chi connectivity index (χ1) is 10.3. The van der Waals surface area contributed by atoms with Crippen LogP contribution in [0, 0.1) is 23.3 Å². The summed E-state index contributed by atoms with van der Waals surface area (Å²) in [5.74, 6) is -13.1. The standard InChI is InChI=1S/C14H4F4O4/c15-8-6-7(9(16)11(18)10(8)17)14(22)5-3(12(6)20)1-2-4(19)13(5)21/h1-2,19,21H. The van der Waals surface area contributed by atoms with E-state index in [-0.39, 0.29) is 0 Å². The first kappa shape index (κ1) is 14.1. The Kier molecular flexibility index (Phi) is 2.74. The second-order valence-corrected chi connectivity index (χ2v) is 4.52. The van der Waals surface area contributed by atoms with Gasteiger partial charge in [0.1, 0.15) is 0 Å². The van der Waals surface area contributed by atoms with Crippen molar-refractivity contribution in [3.8, 4) is 11.5 Å². The molecule has 0 heterocycles. The van der Waals surface area contributed by atoms with Gasteiger partial charge in [-0.05, 0) is 12.1 Å². The fraction of sp³-hybridized carbons (Fsp3) is 0. The van der Waals surface area contributed by atoms with Crippen LogP contribution in [0.2, 0.25) is 0 Å². The van der Waals surface area contributed by atoms with E-state index in [1.807, 2.05) is 0 Å². The zero-order chi connectivity index (χ0) is 16.3. The minimum atomic E-state index is -2.25. The van der Waals surface area contributed by atoms with Crippen LogP contribution in [0.5, 0.6) is 11.5 Å². The van der Waals surface area contributed by atoms with Crippen LogP contribution in [-0.4, -0.2) is 21.8 Å². The molecule has 4 nitrogen and oxygen atoms in total. The van der Waals surface area contributed by atoms with Crippen LogP contribution in [0.15, 0.2) is 12.1 Å². The molecule has 1 aliphatic carbocycles. The van der Waals surface area contributed by atoms with Crippen molar-refractivity contribution in [1.29, 1.82) is 0 Å². The molecule has 0 atom stereocenters. The summed E-state index contributed by atoms with van der Waals surface area (Å²) in [6.07, 6.45) is 0. The number of rotatable bonds is 0. The highest BCUT2D eigenvalue weighted by Crippen LogP contribution is 2.40. The Morgan fingerprint density at radius 2 is 1.18 bits per heavy atom. The number of halogens is 4. The maximum Gasteiger partial charge on any atom is 0.201 e. The van der Waals surface area contributed by atoms with Crippen molar-refractivity contribution in [1.82, 2.24) is 0 Å².